The average molecular weight is 387 g/mol. The van der Waals surface area contributed by atoms with Gasteiger partial charge in [-0.3, -0.25) is 4.79 Å². The van der Waals surface area contributed by atoms with E-state index in [0.29, 0.717) is 29.0 Å². The lowest BCUT2D eigenvalue weighted by molar-refractivity contribution is -0.125. The fourth-order valence-electron chi connectivity index (χ4n) is 3.18. The molecule has 2 heterocycles. The molecule has 1 amide bonds. The van der Waals surface area contributed by atoms with Gasteiger partial charge in [-0.25, -0.2) is 9.59 Å². The van der Waals surface area contributed by atoms with Gasteiger partial charge in [0, 0.05) is 11.3 Å². The van der Waals surface area contributed by atoms with Gasteiger partial charge in [0.05, 0.1) is 17.7 Å². The van der Waals surface area contributed by atoms with Crippen LogP contribution in [0.4, 0.5) is 5.00 Å². The second-order valence-corrected chi connectivity index (χ2v) is 7.38. The van der Waals surface area contributed by atoms with Crippen LogP contribution in [0.1, 0.15) is 50.6 Å². The molecule has 0 spiro atoms. The van der Waals surface area contributed by atoms with E-state index in [0.717, 1.165) is 16.0 Å². The standard InChI is InChI=1S/C20H21NO5S/c1-4-13-11(3)27-18(16(13)20(24)25-5-2)21-17(22)15-10-12-8-6-7-9-14(12)19(23)26-15/h6-9,15H,4-5,10H2,1-3H3,(H,21,22). The Bertz CT molecular complexity index is 902. The molecule has 0 saturated carbocycles. The topological polar surface area (TPSA) is 81.7 Å². The van der Waals surface area contributed by atoms with Crippen molar-refractivity contribution in [2.24, 2.45) is 0 Å². The summed E-state index contributed by atoms with van der Waals surface area (Å²) in [7, 11) is 0. The molecule has 0 fully saturated rings. The maximum atomic E-state index is 12.7. The highest BCUT2D eigenvalue weighted by Gasteiger charge is 2.32. The van der Waals surface area contributed by atoms with Gasteiger partial charge >= 0.3 is 11.9 Å². The summed E-state index contributed by atoms with van der Waals surface area (Å²) >= 11 is 1.33. The Morgan fingerprint density at radius 2 is 2.04 bits per heavy atom. The molecule has 2 aromatic rings. The zero-order valence-corrected chi connectivity index (χ0v) is 16.3. The number of aryl methyl sites for hydroxylation is 1. The van der Waals surface area contributed by atoms with Gasteiger partial charge in [0.25, 0.3) is 5.91 Å². The maximum absolute atomic E-state index is 12.7. The van der Waals surface area contributed by atoms with Gasteiger partial charge in [0.1, 0.15) is 5.00 Å². The number of thiophene rings is 1. The fraction of sp³-hybridized carbons (Fsp3) is 0.350. The molecule has 3 rings (SSSR count). The average Bonchev–Trinajstić information content (AvgIpc) is 2.96. The van der Waals surface area contributed by atoms with Crippen molar-refractivity contribution in [1.29, 1.82) is 0 Å². The maximum Gasteiger partial charge on any atom is 0.341 e. The number of nitrogens with one attached hydrogen (secondary N) is 1. The number of rotatable bonds is 5. The number of anilines is 1. The Hall–Kier alpha value is -2.67. The molecular formula is C20H21NO5S. The number of ether oxygens (including phenoxy) is 2. The first-order chi connectivity index (χ1) is 13.0. The summed E-state index contributed by atoms with van der Waals surface area (Å²) in [4.78, 5) is 38.2. The summed E-state index contributed by atoms with van der Waals surface area (Å²) in [5, 5.41) is 3.20. The summed E-state index contributed by atoms with van der Waals surface area (Å²) in [5.74, 6) is -1.42. The van der Waals surface area contributed by atoms with Crippen LogP contribution in [0.15, 0.2) is 24.3 Å². The number of benzene rings is 1. The van der Waals surface area contributed by atoms with Gasteiger partial charge < -0.3 is 14.8 Å². The van der Waals surface area contributed by atoms with Crippen molar-refractivity contribution in [2.45, 2.75) is 39.7 Å². The Kier molecular flexibility index (Phi) is 5.60. The Morgan fingerprint density at radius 1 is 1.30 bits per heavy atom. The van der Waals surface area contributed by atoms with Gasteiger partial charge in [0.2, 0.25) is 0 Å². The summed E-state index contributed by atoms with van der Waals surface area (Å²) in [6, 6.07) is 7.07. The third-order valence-electron chi connectivity index (χ3n) is 4.46. The molecule has 6 nitrogen and oxygen atoms in total. The molecule has 1 aliphatic rings. The zero-order chi connectivity index (χ0) is 19.6. The fourth-order valence-corrected chi connectivity index (χ4v) is 4.32. The van der Waals surface area contributed by atoms with Gasteiger partial charge in [0.15, 0.2) is 6.10 Å². The van der Waals surface area contributed by atoms with Crippen molar-refractivity contribution >= 4 is 34.2 Å². The number of hydrogen-bond donors (Lipinski definition) is 1. The quantitative estimate of drug-likeness (QED) is 0.794. The predicted octanol–water partition coefficient (Wildman–Crippen LogP) is 3.52. The number of hydrogen-bond acceptors (Lipinski definition) is 6. The van der Waals surface area contributed by atoms with Crippen LogP contribution in [0.25, 0.3) is 0 Å². The lowest BCUT2D eigenvalue weighted by Crippen LogP contribution is -2.38. The molecule has 0 saturated heterocycles. The number of carbonyl (C=O) groups excluding carboxylic acids is 3. The smallest absolute Gasteiger partial charge is 0.341 e. The van der Waals surface area contributed by atoms with Crippen molar-refractivity contribution < 1.29 is 23.9 Å². The van der Waals surface area contributed by atoms with Crippen LogP contribution >= 0.6 is 11.3 Å². The van der Waals surface area contributed by atoms with E-state index in [-0.39, 0.29) is 6.61 Å². The van der Waals surface area contributed by atoms with Gasteiger partial charge in [-0.15, -0.1) is 11.3 Å². The molecule has 1 N–H and O–H groups in total. The first kappa shape index (κ1) is 19.1. The van der Waals surface area contributed by atoms with E-state index in [2.05, 4.69) is 5.32 Å². The molecular weight excluding hydrogens is 366 g/mol. The molecule has 0 bridgehead atoms. The van der Waals surface area contributed by atoms with Crippen LogP contribution < -0.4 is 5.32 Å². The number of amides is 1. The highest BCUT2D eigenvalue weighted by molar-refractivity contribution is 7.16. The lowest BCUT2D eigenvalue weighted by atomic mass is 9.98. The molecule has 7 heteroatoms. The van der Waals surface area contributed by atoms with E-state index in [1.807, 2.05) is 26.0 Å². The minimum Gasteiger partial charge on any atom is -0.462 e. The monoisotopic (exact) mass is 387 g/mol. The number of fused-ring (bicyclic) bond motifs is 1. The second kappa shape index (κ2) is 7.92. The van der Waals surface area contributed by atoms with Crippen molar-refractivity contribution in [3.05, 3.63) is 51.4 Å². The van der Waals surface area contributed by atoms with Crippen molar-refractivity contribution in [2.75, 3.05) is 11.9 Å². The second-order valence-electron chi connectivity index (χ2n) is 6.16. The molecule has 0 radical (unpaired) electrons. The first-order valence-corrected chi connectivity index (χ1v) is 9.67. The molecule has 0 aliphatic carbocycles. The normalized spacial score (nSPS) is 15.7. The zero-order valence-electron chi connectivity index (χ0n) is 15.5. The van der Waals surface area contributed by atoms with Crippen LogP contribution in [0.3, 0.4) is 0 Å². The Balaban J connectivity index is 1.85. The molecule has 27 heavy (non-hydrogen) atoms. The van der Waals surface area contributed by atoms with E-state index >= 15 is 0 Å². The van der Waals surface area contributed by atoms with E-state index in [9.17, 15) is 14.4 Å². The molecule has 142 valence electrons. The molecule has 1 unspecified atom stereocenters. The van der Waals surface area contributed by atoms with Crippen LogP contribution in [0.2, 0.25) is 0 Å². The SMILES string of the molecule is CCOC(=O)c1c(NC(=O)C2Cc3ccccc3C(=O)O2)sc(C)c1CC. The summed E-state index contributed by atoms with van der Waals surface area (Å²) in [6.07, 6.45) is 0.0148. The minimum atomic E-state index is -0.935. The highest BCUT2D eigenvalue weighted by atomic mass is 32.1. The van der Waals surface area contributed by atoms with Crippen LogP contribution in [-0.2, 0) is 27.1 Å². The predicted molar refractivity (Wildman–Crippen MR) is 102 cm³/mol. The van der Waals surface area contributed by atoms with Gasteiger partial charge in [-0.05, 0) is 37.5 Å². The van der Waals surface area contributed by atoms with Crippen LogP contribution in [0.5, 0.6) is 0 Å². The van der Waals surface area contributed by atoms with E-state index in [1.54, 1.807) is 19.1 Å². The van der Waals surface area contributed by atoms with Crippen molar-refractivity contribution in [3.63, 3.8) is 0 Å². The third kappa shape index (κ3) is 3.73. The molecule has 1 aliphatic heterocycles. The third-order valence-corrected chi connectivity index (χ3v) is 5.53. The summed E-state index contributed by atoms with van der Waals surface area (Å²) in [5.41, 5.74) is 2.50. The van der Waals surface area contributed by atoms with E-state index in [4.69, 9.17) is 9.47 Å². The first-order valence-electron chi connectivity index (χ1n) is 8.85. The van der Waals surface area contributed by atoms with Gasteiger partial charge in [-0.2, -0.15) is 0 Å². The number of cyclic esters (lactones) is 1. The number of esters is 2. The number of carbonyl (C=O) groups is 3. The van der Waals surface area contributed by atoms with E-state index in [1.165, 1.54) is 11.3 Å². The highest BCUT2D eigenvalue weighted by Crippen LogP contribution is 2.34. The largest absolute Gasteiger partial charge is 0.462 e. The summed E-state index contributed by atoms with van der Waals surface area (Å²) in [6.45, 7) is 5.84. The van der Waals surface area contributed by atoms with Crippen LogP contribution in [-0.4, -0.2) is 30.6 Å². The van der Waals surface area contributed by atoms with Crippen molar-refractivity contribution in [3.8, 4) is 0 Å². The van der Waals surface area contributed by atoms with Gasteiger partial charge in [-0.1, -0.05) is 25.1 Å². The van der Waals surface area contributed by atoms with Crippen LogP contribution in [0, 0.1) is 6.92 Å². The molecule has 1 atom stereocenters. The minimum absolute atomic E-state index is 0.251. The Morgan fingerprint density at radius 3 is 2.74 bits per heavy atom. The molecule has 1 aromatic heterocycles. The lowest BCUT2D eigenvalue weighted by Gasteiger charge is -2.23. The van der Waals surface area contributed by atoms with Crippen molar-refractivity contribution in [1.82, 2.24) is 0 Å². The summed E-state index contributed by atoms with van der Waals surface area (Å²) < 4.78 is 10.4. The molecule has 1 aromatic carbocycles. The Labute approximate surface area is 161 Å². The van der Waals surface area contributed by atoms with E-state index < -0.39 is 23.9 Å².